The molecule has 0 aliphatic carbocycles. The lowest BCUT2D eigenvalue weighted by molar-refractivity contribution is -0.113. The van der Waals surface area contributed by atoms with E-state index in [0.717, 1.165) is 11.4 Å². The molecule has 9 heteroatoms. The number of methoxy groups -OCH3 is 1. The number of hydrogen-bond acceptors (Lipinski definition) is 7. The van der Waals surface area contributed by atoms with Crippen LogP contribution in [0.5, 0.6) is 5.75 Å². The third kappa shape index (κ3) is 3.69. The van der Waals surface area contributed by atoms with E-state index in [1.54, 1.807) is 43.5 Å². The van der Waals surface area contributed by atoms with E-state index < -0.39 is 11.8 Å². The lowest BCUT2D eigenvalue weighted by atomic mass is 10.0. The molecule has 0 fully saturated rings. The highest BCUT2D eigenvalue weighted by Crippen LogP contribution is 2.32. The van der Waals surface area contributed by atoms with Gasteiger partial charge in [0, 0.05) is 17.3 Å². The van der Waals surface area contributed by atoms with Crippen LogP contribution in [0.4, 0.5) is 5.69 Å². The number of imide groups is 1. The Hall–Kier alpha value is -4.11. The maximum Gasteiger partial charge on any atom is 0.286 e. The Morgan fingerprint density at radius 3 is 2.56 bits per heavy atom. The SMILES string of the molecule is COc1ccc(NC2=NC(=O)/C(=C/c3ccc(-c4ccc5c(c4)C(=O)NC5=O)o3)S2)cc1. The summed E-state index contributed by atoms with van der Waals surface area (Å²) in [5.74, 6) is 0.520. The third-order valence-electron chi connectivity index (χ3n) is 4.88. The number of carbonyl (C=O) groups is 3. The number of benzene rings is 2. The summed E-state index contributed by atoms with van der Waals surface area (Å²) < 4.78 is 11.0. The number of aliphatic imine (C=N–C) groups is 1. The zero-order chi connectivity index (χ0) is 22.2. The van der Waals surface area contributed by atoms with Crippen LogP contribution in [-0.4, -0.2) is 30.0 Å². The van der Waals surface area contributed by atoms with Gasteiger partial charge in [0.2, 0.25) is 0 Å². The molecule has 0 atom stereocenters. The van der Waals surface area contributed by atoms with Crippen molar-refractivity contribution in [2.45, 2.75) is 0 Å². The second kappa shape index (κ2) is 7.86. The summed E-state index contributed by atoms with van der Waals surface area (Å²) in [6.07, 6.45) is 1.62. The number of anilines is 1. The number of amides is 3. The van der Waals surface area contributed by atoms with Gasteiger partial charge in [0.25, 0.3) is 17.7 Å². The molecule has 8 nitrogen and oxygen atoms in total. The molecule has 2 N–H and O–H groups in total. The fourth-order valence-corrected chi connectivity index (χ4v) is 4.11. The molecular formula is C23H15N3O5S. The topological polar surface area (TPSA) is 110 Å². The average Bonchev–Trinajstić information content (AvgIpc) is 3.47. The van der Waals surface area contributed by atoms with Gasteiger partial charge in [-0.05, 0) is 60.3 Å². The summed E-state index contributed by atoms with van der Waals surface area (Å²) in [4.78, 5) is 40.3. The van der Waals surface area contributed by atoms with Gasteiger partial charge >= 0.3 is 0 Å². The molecule has 5 rings (SSSR count). The third-order valence-corrected chi connectivity index (χ3v) is 5.78. The Labute approximate surface area is 186 Å². The van der Waals surface area contributed by atoms with Crippen LogP contribution in [0.2, 0.25) is 0 Å². The number of ether oxygens (including phenoxy) is 1. The van der Waals surface area contributed by atoms with E-state index >= 15 is 0 Å². The van der Waals surface area contributed by atoms with Gasteiger partial charge < -0.3 is 14.5 Å². The van der Waals surface area contributed by atoms with Gasteiger partial charge in [-0.3, -0.25) is 19.7 Å². The monoisotopic (exact) mass is 445 g/mol. The number of fused-ring (bicyclic) bond motifs is 1. The molecule has 158 valence electrons. The first-order valence-corrected chi connectivity index (χ1v) is 10.4. The molecule has 0 radical (unpaired) electrons. The molecule has 0 unspecified atom stereocenters. The first kappa shape index (κ1) is 19.8. The van der Waals surface area contributed by atoms with Gasteiger partial charge in [-0.15, -0.1) is 0 Å². The maximum absolute atomic E-state index is 12.3. The van der Waals surface area contributed by atoms with E-state index in [-0.39, 0.29) is 5.91 Å². The summed E-state index contributed by atoms with van der Waals surface area (Å²) in [6, 6.07) is 15.7. The molecule has 2 aliphatic heterocycles. The average molecular weight is 445 g/mol. The van der Waals surface area contributed by atoms with Crippen LogP contribution in [0, 0.1) is 0 Å². The van der Waals surface area contributed by atoms with Gasteiger partial charge in [0.15, 0.2) is 5.17 Å². The minimum Gasteiger partial charge on any atom is -0.497 e. The standard InChI is InChI=1S/C23H15N3O5S/c1-30-14-5-3-13(4-6-14)24-23-26-22(29)19(32-23)11-15-7-9-18(31-15)12-2-8-16-17(10-12)21(28)25-20(16)27/h2-11H,1H3,(H,24,26,29)(H,25,27,28)/b19-11-. The molecule has 1 aromatic heterocycles. The smallest absolute Gasteiger partial charge is 0.286 e. The molecule has 3 amide bonds. The zero-order valence-electron chi connectivity index (χ0n) is 16.7. The number of furan rings is 1. The van der Waals surface area contributed by atoms with Crippen LogP contribution < -0.4 is 15.4 Å². The summed E-state index contributed by atoms with van der Waals surface area (Å²) in [7, 11) is 1.59. The number of thioether (sulfide) groups is 1. The molecule has 32 heavy (non-hydrogen) atoms. The lowest BCUT2D eigenvalue weighted by Crippen LogP contribution is -2.19. The van der Waals surface area contributed by atoms with Crippen LogP contribution >= 0.6 is 11.8 Å². The van der Waals surface area contributed by atoms with Crippen molar-refractivity contribution >= 4 is 46.4 Å². The van der Waals surface area contributed by atoms with Gasteiger partial charge in [-0.25, -0.2) is 0 Å². The fraction of sp³-hybridized carbons (Fsp3) is 0.0435. The molecule has 0 saturated carbocycles. The summed E-state index contributed by atoms with van der Waals surface area (Å²) in [6.45, 7) is 0. The van der Waals surface area contributed by atoms with E-state index in [1.807, 2.05) is 24.3 Å². The van der Waals surface area contributed by atoms with Gasteiger partial charge in [-0.2, -0.15) is 4.99 Å². The number of amidine groups is 1. The Morgan fingerprint density at radius 1 is 1.00 bits per heavy atom. The van der Waals surface area contributed by atoms with Crippen molar-refractivity contribution in [2.75, 3.05) is 12.4 Å². The van der Waals surface area contributed by atoms with Crippen molar-refractivity contribution in [1.82, 2.24) is 5.32 Å². The van der Waals surface area contributed by atoms with Crippen molar-refractivity contribution in [3.8, 4) is 17.1 Å². The van der Waals surface area contributed by atoms with E-state index in [4.69, 9.17) is 9.15 Å². The summed E-state index contributed by atoms with van der Waals surface area (Å²) >= 11 is 1.21. The number of carbonyl (C=O) groups excluding carboxylic acids is 3. The van der Waals surface area contributed by atoms with Gasteiger partial charge in [-0.1, -0.05) is 6.07 Å². The number of nitrogens with zero attached hydrogens (tertiary/aromatic N) is 1. The van der Waals surface area contributed by atoms with Crippen molar-refractivity contribution in [1.29, 1.82) is 0 Å². The van der Waals surface area contributed by atoms with Crippen LogP contribution in [-0.2, 0) is 4.79 Å². The first-order chi connectivity index (χ1) is 15.5. The Morgan fingerprint density at radius 2 is 1.78 bits per heavy atom. The van der Waals surface area contributed by atoms with Gasteiger partial charge in [0.1, 0.15) is 17.3 Å². The number of hydrogen-bond donors (Lipinski definition) is 2. The quantitative estimate of drug-likeness (QED) is 0.463. The van der Waals surface area contributed by atoms with Gasteiger partial charge in [0.05, 0.1) is 23.1 Å². The van der Waals surface area contributed by atoms with Crippen LogP contribution in [0.1, 0.15) is 26.5 Å². The van der Waals surface area contributed by atoms with Crippen LogP contribution in [0.3, 0.4) is 0 Å². The molecular weight excluding hydrogens is 430 g/mol. The highest BCUT2D eigenvalue weighted by atomic mass is 32.2. The largest absolute Gasteiger partial charge is 0.497 e. The van der Waals surface area contributed by atoms with Crippen molar-refractivity contribution in [2.24, 2.45) is 4.99 Å². The Balaban J connectivity index is 1.31. The second-order valence-corrected chi connectivity index (χ2v) is 7.96. The number of nitrogens with one attached hydrogen (secondary N) is 2. The van der Waals surface area contributed by atoms with Crippen molar-refractivity contribution in [3.63, 3.8) is 0 Å². The predicted molar refractivity (Wildman–Crippen MR) is 121 cm³/mol. The van der Waals surface area contributed by atoms with E-state index in [1.165, 1.54) is 11.8 Å². The normalized spacial score (nSPS) is 16.2. The molecule has 0 bridgehead atoms. The van der Waals surface area contributed by atoms with Crippen LogP contribution in [0.25, 0.3) is 17.4 Å². The lowest BCUT2D eigenvalue weighted by Gasteiger charge is -2.05. The molecule has 3 heterocycles. The highest BCUT2D eigenvalue weighted by Gasteiger charge is 2.27. The van der Waals surface area contributed by atoms with E-state index in [2.05, 4.69) is 15.6 Å². The zero-order valence-corrected chi connectivity index (χ0v) is 17.5. The summed E-state index contributed by atoms with van der Waals surface area (Å²) in [5, 5.41) is 5.83. The van der Waals surface area contributed by atoms with E-state index in [9.17, 15) is 14.4 Å². The molecule has 2 aliphatic rings. The molecule has 3 aromatic rings. The highest BCUT2D eigenvalue weighted by molar-refractivity contribution is 8.18. The molecule has 2 aromatic carbocycles. The minimum absolute atomic E-state index is 0.313. The number of rotatable bonds is 4. The fourth-order valence-electron chi connectivity index (χ4n) is 3.30. The summed E-state index contributed by atoms with van der Waals surface area (Å²) in [5.41, 5.74) is 2.09. The Bertz CT molecular complexity index is 1340. The van der Waals surface area contributed by atoms with Crippen molar-refractivity contribution < 1.29 is 23.5 Å². The van der Waals surface area contributed by atoms with Crippen molar-refractivity contribution in [3.05, 3.63) is 76.4 Å². The molecule has 0 saturated heterocycles. The first-order valence-electron chi connectivity index (χ1n) is 9.54. The second-order valence-electron chi connectivity index (χ2n) is 6.93. The minimum atomic E-state index is -0.428. The molecule has 0 spiro atoms. The van der Waals surface area contributed by atoms with Crippen LogP contribution in [0.15, 0.2) is 68.9 Å². The maximum atomic E-state index is 12.3. The predicted octanol–water partition coefficient (Wildman–Crippen LogP) is 3.92. The van der Waals surface area contributed by atoms with E-state index in [0.29, 0.717) is 38.3 Å². The Kier molecular flexibility index (Phi) is 4.87.